The number of carbonyl (C=O) groups excluding carboxylic acids is 4. The van der Waals surface area contributed by atoms with E-state index in [9.17, 15) is 29.3 Å². The largest absolute Gasteiger partial charge is 0.457 e. The number of esters is 1. The number of non-ortho nitro benzene ring substituents is 1. The van der Waals surface area contributed by atoms with Gasteiger partial charge in [0, 0.05) is 30.7 Å². The van der Waals surface area contributed by atoms with E-state index in [1.54, 1.807) is 0 Å². The van der Waals surface area contributed by atoms with E-state index >= 15 is 0 Å². The van der Waals surface area contributed by atoms with Crippen LogP contribution in [0.2, 0.25) is 0 Å². The first-order valence-corrected chi connectivity index (χ1v) is 14.7. The third-order valence-corrected chi connectivity index (χ3v) is 9.99. The number of rotatable bonds is 10. The summed E-state index contributed by atoms with van der Waals surface area (Å²) in [5, 5.41) is 10.8. The van der Waals surface area contributed by atoms with Crippen LogP contribution in [-0.4, -0.2) is 46.5 Å². The van der Waals surface area contributed by atoms with E-state index in [0.717, 1.165) is 22.3 Å². The molecule has 1 heterocycles. The van der Waals surface area contributed by atoms with E-state index in [0.29, 0.717) is 19.3 Å². The first-order valence-electron chi connectivity index (χ1n) is 14.0. The molecule has 11 heteroatoms. The summed E-state index contributed by atoms with van der Waals surface area (Å²) in [5.74, 6) is -3.40. The third-order valence-electron chi connectivity index (χ3n) is 8.70. The summed E-state index contributed by atoms with van der Waals surface area (Å²) in [6.45, 7) is -0.299. The van der Waals surface area contributed by atoms with Gasteiger partial charge in [-0.25, -0.2) is 0 Å². The highest BCUT2D eigenvalue weighted by Gasteiger charge is 2.72. The van der Waals surface area contributed by atoms with E-state index in [-0.39, 0.29) is 36.0 Å². The van der Waals surface area contributed by atoms with Crippen LogP contribution < -0.4 is 0 Å². The number of halogens is 2. The zero-order chi connectivity index (χ0) is 30.5. The third kappa shape index (κ3) is 4.44. The zero-order valence-corrected chi connectivity index (χ0v) is 24.3. The molecule has 220 valence electrons. The number of likely N-dealkylation sites (tertiary alicyclic amines) is 1. The van der Waals surface area contributed by atoms with E-state index < -0.39 is 44.9 Å². The molecule has 0 unspecified atom stereocenters. The number of Topliss-reactive ketones (excluding diaryl/α,β-unsaturated/α-hetero) is 1. The highest BCUT2D eigenvalue weighted by molar-refractivity contribution is 6.36. The Bertz CT molecular complexity index is 1550. The van der Waals surface area contributed by atoms with Crippen molar-refractivity contribution < 1.29 is 28.8 Å². The molecule has 4 aliphatic rings. The molecule has 0 aromatic heterocycles. The number of amides is 2. The molecule has 3 aromatic rings. The van der Waals surface area contributed by atoms with Crippen LogP contribution in [0.1, 0.15) is 58.3 Å². The Kier molecular flexibility index (Phi) is 7.34. The topological polar surface area (TPSA) is 124 Å². The fraction of sp³-hybridized carbons (Fsp3) is 0.312. The maximum absolute atomic E-state index is 13.8. The van der Waals surface area contributed by atoms with Crippen molar-refractivity contribution in [2.45, 2.75) is 35.4 Å². The van der Waals surface area contributed by atoms with E-state index in [1.807, 2.05) is 48.5 Å². The van der Waals surface area contributed by atoms with Gasteiger partial charge in [-0.3, -0.25) is 34.2 Å². The van der Waals surface area contributed by atoms with Gasteiger partial charge >= 0.3 is 5.97 Å². The minimum Gasteiger partial charge on any atom is -0.457 e. The van der Waals surface area contributed by atoms with Crippen molar-refractivity contribution in [2.24, 2.45) is 11.8 Å². The number of ketones is 1. The fourth-order valence-electron chi connectivity index (χ4n) is 6.73. The average Bonchev–Trinajstić information content (AvgIpc) is 3.28. The van der Waals surface area contributed by atoms with Crippen molar-refractivity contribution in [2.75, 3.05) is 13.2 Å². The number of alkyl halides is 2. The highest BCUT2D eigenvalue weighted by Crippen LogP contribution is 2.69. The SMILES string of the molecule is O=C(CCCCCN1C(=O)[C@@H]2[C@@H](C1=O)C1(Cl)c3ccccc3C2(Cl)c2ccccc21)OCC(=O)c1ccc([N+](=O)[O-])cc1. The molecule has 0 spiro atoms. The fourth-order valence-corrected chi connectivity index (χ4v) is 7.83. The van der Waals surface area contributed by atoms with Crippen LogP contribution >= 0.6 is 23.2 Å². The summed E-state index contributed by atoms with van der Waals surface area (Å²) < 4.78 is 5.06. The molecular weight excluding hydrogens is 595 g/mol. The Hall–Kier alpha value is -4.08. The lowest BCUT2D eigenvalue weighted by molar-refractivity contribution is -0.384. The van der Waals surface area contributed by atoms with Crippen molar-refractivity contribution in [1.29, 1.82) is 0 Å². The molecule has 43 heavy (non-hydrogen) atoms. The van der Waals surface area contributed by atoms with Crippen LogP contribution in [0.15, 0.2) is 72.8 Å². The van der Waals surface area contributed by atoms with Gasteiger partial charge in [0.25, 0.3) is 5.69 Å². The molecule has 3 aliphatic carbocycles. The smallest absolute Gasteiger partial charge is 0.306 e. The van der Waals surface area contributed by atoms with Gasteiger partial charge in [-0.1, -0.05) is 55.0 Å². The van der Waals surface area contributed by atoms with Crippen molar-refractivity contribution in [1.82, 2.24) is 4.90 Å². The highest BCUT2D eigenvalue weighted by atomic mass is 35.5. The van der Waals surface area contributed by atoms with E-state index in [2.05, 4.69) is 0 Å². The minimum absolute atomic E-state index is 0.0564. The van der Waals surface area contributed by atoms with Crippen molar-refractivity contribution in [3.63, 3.8) is 0 Å². The van der Waals surface area contributed by atoms with E-state index in [4.69, 9.17) is 27.9 Å². The Morgan fingerprint density at radius 2 is 1.28 bits per heavy atom. The van der Waals surface area contributed by atoms with Gasteiger partial charge < -0.3 is 4.74 Å². The lowest BCUT2D eigenvalue weighted by Crippen LogP contribution is -2.57. The molecule has 7 rings (SSSR count). The predicted octanol–water partition coefficient (Wildman–Crippen LogP) is 5.47. The molecule has 2 bridgehead atoms. The second kappa shape index (κ2) is 10.9. The summed E-state index contributed by atoms with van der Waals surface area (Å²) in [6, 6.07) is 20.0. The van der Waals surface area contributed by atoms with Crippen molar-refractivity contribution in [3.8, 4) is 0 Å². The van der Waals surface area contributed by atoms with Gasteiger partial charge in [0.15, 0.2) is 12.4 Å². The summed E-state index contributed by atoms with van der Waals surface area (Å²) >= 11 is 14.8. The van der Waals surface area contributed by atoms with Crippen LogP contribution in [-0.2, 0) is 28.9 Å². The molecule has 2 amide bonds. The molecule has 1 aliphatic heterocycles. The first-order chi connectivity index (χ1) is 20.6. The van der Waals surface area contributed by atoms with Crippen LogP contribution in [0.3, 0.4) is 0 Å². The Morgan fingerprint density at radius 3 is 1.74 bits per heavy atom. The van der Waals surface area contributed by atoms with Crippen LogP contribution in [0.25, 0.3) is 0 Å². The van der Waals surface area contributed by atoms with Gasteiger partial charge in [-0.15, -0.1) is 23.2 Å². The molecule has 2 atom stereocenters. The van der Waals surface area contributed by atoms with Crippen LogP contribution in [0, 0.1) is 22.0 Å². The Balaban J connectivity index is 1.06. The first kappa shape index (κ1) is 29.0. The lowest BCUT2D eigenvalue weighted by Gasteiger charge is -2.54. The van der Waals surface area contributed by atoms with Gasteiger partial charge in [0.05, 0.1) is 16.8 Å². The summed E-state index contributed by atoms with van der Waals surface area (Å²) in [5.41, 5.74) is 3.06. The number of nitro benzene ring substituents is 1. The molecule has 1 saturated heterocycles. The quantitative estimate of drug-likeness (QED) is 0.0559. The molecule has 0 N–H and O–H groups in total. The molecular formula is C32H26Cl2N2O7. The molecule has 9 nitrogen and oxygen atoms in total. The zero-order valence-electron chi connectivity index (χ0n) is 22.8. The molecule has 0 radical (unpaired) electrons. The Labute approximate surface area is 256 Å². The van der Waals surface area contributed by atoms with Gasteiger partial charge in [-0.2, -0.15) is 0 Å². The second-order valence-corrected chi connectivity index (χ2v) is 12.2. The number of nitrogens with zero attached hydrogens (tertiary/aromatic N) is 2. The summed E-state index contributed by atoms with van der Waals surface area (Å²) in [6.07, 6.45) is 1.50. The maximum Gasteiger partial charge on any atom is 0.306 e. The van der Waals surface area contributed by atoms with Gasteiger partial charge in [-0.05, 0) is 47.2 Å². The van der Waals surface area contributed by atoms with Crippen LogP contribution in [0.4, 0.5) is 5.69 Å². The second-order valence-electron chi connectivity index (χ2n) is 11.0. The number of ether oxygens (including phenoxy) is 1. The number of unbranched alkanes of at least 4 members (excludes halogenated alkanes) is 2. The number of benzene rings is 3. The molecule has 3 aromatic carbocycles. The average molecular weight is 621 g/mol. The number of nitro groups is 1. The van der Waals surface area contributed by atoms with Gasteiger partial charge in [0.2, 0.25) is 11.8 Å². The van der Waals surface area contributed by atoms with Crippen molar-refractivity contribution >= 4 is 52.5 Å². The number of imide groups is 1. The standard InChI is InChI=1S/C32H26Cl2N2O7/c33-31-21-8-3-4-9-22(21)32(34,24-11-6-5-10-23(24)31)28-27(31)29(39)35(30(28)40)17-7-1-2-12-26(38)43-18-25(37)19-13-15-20(16-14-19)36(41)42/h3-6,8-11,13-16,27-28H,1-2,7,12,17-18H2/t27-,28-,31?,32?/m0/s1. The monoisotopic (exact) mass is 620 g/mol. The van der Waals surface area contributed by atoms with Crippen LogP contribution in [0.5, 0.6) is 0 Å². The van der Waals surface area contributed by atoms with Crippen molar-refractivity contribution in [3.05, 3.63) is 111 Å². The Morgan fingerprint density at radius 1 is 0.791 bits per heavy atom. The maximum atomic E-state index is 13.8. The summed E-state index contributed by atoms with van der Waals surface area (Å²) in [7, 11) is 0. The van der Waals surface area contributed by atoms with E-state index in [1.165, 1.54) is 29.2 Å². The molecule has 0 saturated carbocycles. The number of hydrogen-bond acceptors (Lipinski definition) is 7. The normalized spacial score (nSPS) is 24.7. The number of hydrogen-bond donors (Lipinski definition) is 0. The predicted molar refractivity (Wildman–Crippen MR) is 157 cm³/mol. The summed E-state index contributed by atoms with van der Waals surface area (Å²) in [4.78, 5) is 61.1. The van der Waals surface area contributed by atoms with Gasteiger partial charge in [0.1, 0.15) is 9.75 Å². The minimum atomic E-state index is -1.22. The lowest BCUT2D eigenvalue weighted by atomic mass is 9.54. The number of carbonyl (C=O) groups is 4. The molecule has 1 fully saturated rings.